The Morgan fingerprint density at radius 1 is 0.471 bits per heavy atom. The molecule has 4 N–H and O–H groups in total. The minimum atomic E-state index is -0.511. The molecule has 12 heteroatoms. The van der Waals surface area contributed by atoms with Crippen molar-refractivity contribution in [3.05, 3.63) is 108 Å². The van der Waals surface area contributed by atoms with E-state index in [1.165, 1.54) is 0 Å². The molecule has 4 amide bonds. The summed E-state index contributed by atoms with van der Waals surface area (Å²) in [7, 11) is -1.02. The highest BCUT2D eigenvalue weighted by Crippen LogP contribution is 2.37. The smallest absolute Gasteiger partial charge is 0.399 e. The van der Waals surface area contributed by atoms with Crippen molar-refractivity contribution in [1.29, 1.82) is 0 Å². The van der Waals surface area contributed by atoms with Crippen LogP contribution in [0.4, 0.5) is 32.3 Å². The normalized spacial score (nSPS) is 18.3. The minimum absolute atomic E-state index is 0.349. The van der Waals surface area contributed by atoms with Crippen LogP contribution in [0.1, 0.15) is 66.5 Å². The van der Waals surface area contributed by atoms with Crippen molar-refractivity contribution in [3.63, 3.8) is 0 Å². The van der Waals surface area contributed by atoms with Gasteiger partial charge >= 0.3 is 26.3 Å². The fraction of sp³-hybridized carbons (Fsp3) is 0.333. The maximum atomic E-state index is 12.8. The zero-order chi connectivity index (χ0) is 36.6. The Morgan fingerprint density at radius 2 is 0.784 bits per heavy atom. The van der Waals surface area contributed by atoms with Crippen molar-refractivity contribution in [2.45, 2.75) is 84.2 Å². The molecule has 6 rings (SSSR count). The number of anilines is 4. The lowest BCUT2D eigenvalue weighted by Crippen LogP contribution is -2.41. The van der Waals surface area contributed by atoms with Gasteiger partial charge in [0.15, 0.2) is 0 Å². The number of urea groups is 2. The topological polar surface area (TPSA) is 119 Å². The van der Waals surface area contributed by atoms with E-state index in [1.807, 2.05) is 152 Å². The zero-order valence-corrected chi connectivity index (χ0v) is 30.5. The van der Waals surface area contributed by atoms with Crippen molar-refractivity contribution in [2.75, 3.05) is 21.3 Å². The summed E-state index contributed by atoms with van der Waals surface area (Å²) in [4.78, 5) is 25.6. The molecule has 51 heavy (non-hydrogen) atoms. The van der Waals surface area contributed by atoms with Gasteiger partial charge in [-0.15, -0.1) is 0 Å². The number of nitrogens with one attached hydrogen (secondary N) is 4. The van der Waals surface area contributed by atoms with E-state index in [2.05, 4.69) is 21.3 Å². The van der Waals surface area contributed by atoms with Gasteiger partial charge in [-0.3, -0.25) is 0 Å². The van der Waals surface area contributed by atoms with E-state index in [9.17, 15) is 9.59 Å². The monoisotopic (exact) mass is 688 g/mol. The fourth-order valence-electron chi connectivity index (χ4n) is 5.72. The Hall–Kier alpha value is -4.61. The minimum Gasteiger partial charge on any atom is -0.399 e. The maximum Gasteiger partial charge on any atom is 0.494 e. The van der Waals surface area contributed by atoms with Crippen LogP contribution in [0, 0.1) is 0 Å². The molecule has 10 nitrogen and oxygen atoms in total. The number of carbonyl (C=O) groups is 2. The van der Waals surface area contributed by atoms with Gasteiger partial charge in [0.05, 0.1) is 22.4 Å². The molecule has 2 aliphatic rings. The SMILES string of the molecule is CC1(C)OB(c2cccc(NC(=O)Nc3ccc(Cc4ccc(NC(=O)Nc5cccc(B6OC(C)(C)C(C)(C)O6)c5)cc4)cc3)c2)OC1(C)C. The third-order valence-corrected chi connectivity index (χ3v) is 10.2. The van der Waals surface area contributed by atoms with Crippen molar-refractivity contribution >= 4 is 60.0 Å². The van der Waals surface area contributed by atoms with Crippen LogP contribution in [-0.2, 0) is 25.0 Å². The molecule has 4 aromatic carbocycles. The first kappa shape index (κ1) is 36.2. The van der Waals surface area contributed by atoms with E-state index < -0.39 is 36.6 Å². The number of hydrogen-bond acceptors (Lipinski definition) is 6. The molecule has 0 saturated carbocycles. The lowest BCUT2D eigenvalue weighted by atomic mass is 9.79. The summed E-state index contributed by atoms with van der Waals surface area (Å²) >= 11 is 0. The van der Waals surface area contributed by atoms with Gasteiger partial charge < -0.3 is 39.9 Å². The molecule has 0 unspecified atom stereocenters. The summed E-state index contributed by atoms with van der Waals surface area (Å²) in [6.45, 7) is 16.1. The second kappa shape index (κ2) is 13.8. The number of hydrogen-bond donors (Lipinski definition) is 4. The van der Waals surface area contributed by atoms with Crippen LogP contribution in [0.3, 0.4) is 0 Å². The number of carbonyl (C=O) groups excluding carboxylic acids is 2. The molecule has 2 fully saturated rings. The molecule has 2 aliphatic heterocycles. The summed E-state index contributed by atoms with van der Waals surface area (Å²) in [6.07, 6.45) is 0.691. The highest BCUT2D eigenvalue weighted by atomic mass is 16.7. The Morgan fingerprint density at radius 3 is 1.12 bits per heavy atom. The number of rotatable bonds is 8. The van der Waals surface area contributed by atoms with Crippen LogP contribution < -0.4 is 32.2 Å². The fourth-order valence-corrected chi connectivity index (χ4v) is 5.72. The van der Waals surface area contributed by atoms with Crippen LogP contribution in [0.2, 0.25) is 0 Å². The first-order valence-electron chi connectivity index (χ1n) is 17.2. The molecule has 2 heterocycles. The van der Waals surface area contributed by atoms with Crippen molar-refractivity contribution < 1.29 is 28.2 Å². The van der Waals surface area contributed by atoms with Gasteiger partial charge in [0, 0.05) is 22.7 Å². The highest BCUT2D eigenvalue weighted by molar-refractivity contribution is 6.62. The van der Waals surface area contributed by atoms with Crippen molar-refractivity contribution in [3.8, 4) is 0 Å². The third kappa shape index (κ3) is 8.31. The third-order valence-electron chi connectivity index (χ3n) is 10.2. The molecule has 0 aromatic heterocycles. The largest absolute Gasteiger partial charge is 0.494 e. The summed E-state index contributed by atoms with van der Waals surface area (Å²) in [5.74, 6) is 0. The summed E-state index contributed by atoms with van der Waals surface area (Å²) < 4.78 is 24.6. The average Bonchev–Trinajstić information content (AvgIpc) is 3.42. The second-order valence-electron chi connectivity index (χ2n) is 15.2. The summed E-state index contributed by atoms with van der Waals surface area (Å²) in [5.41, 5.74) is 4.66. The molecule has 0 bridgehead atoms. The second-order valence-corrected chi connectivity index (χ2v) is 15.2. The van der Waals surface area contributed by atoms with Crippen molar-refractivity contribution in [2.24, 2.45) is 0 Å². The maximum absolute atomic E-state index is 12.8. The predicted octanol–water partition coefficient (Wildman–Crippen LogP) is 7.16. The summed E-state index contributed by atoms with van der Waals surface area (Å²) in [6, 6.07) is 29.7. The van der Waals surface area contributed by atoms with Crippen LogP contribution in [0.25, 0.3) is 0 Å². The molecule has 0 spiro atoms. The van der Waals surface area contributed by atoms with E-state index in [-0.39, 0.29) is 12.1 Å². The van der Waals surface area contributed by atoms with Crippen LogP contribution in [-0.4, -0.2) is 48.7 Å². The van der Waals surface area contributed by atoms with Gasteiger partial charge in [-0.1, -0.05) is 48.5 Å². The lowest BCUT2D eigenvalue weighted by molar-refractivity contribution is 0.00578. The number of amides is 4. The van der Waals surface area contributed by atoms with Gasteiger partial charge in [0.2, 0.25) is 0 Å². The highest BCUT2D eigenvalue weighted by Gasteiger charge is 2.52. The quantitative estimate of drug-likeness (QED) is 0.146. The van der Waals surface area contributed by atoms with E-state index >= 15 is 0 Å². The van der Waals surface area contributed by atoms with E-state index in [1.54, 1.807) is 0 Å². The summed E-state index contributed by atoms with van der Waals surface area (Å²) in [5, 5.41) is 11.6. The average molecular weight is 688 g/mol. The van der Waals surface area contributed by atoms with Crippen LogP contribution in [0.5, 0.6) is 0 Å². The van der Waals surface area contributed by atoms with Gasteiger partial charge in [0.1, 0.15) is 0 Å². The first-order chi connectivity index (χ1) is 24.0. The first-order valence-corrected chi connectivity index (χ1v) is 17.2. The standard InChI is InChI=1S/C39H46B2N4O6/c1-36(2)37(3,4)49-40(48-36)28-11-9-13-32(24-28)44-34(46)42-30-19-15-26(16-20-30)23-27-17-21-31(22-18-27)43-35(47)45-33-14-10-12-29(25-33)41-50-38(5,6)39(7,8)51-41/h9-22,24-25H,23H2,1-8H3,(H2,42,44,46)(H2,43,45,47). The lowest BCUT2D eigenvalue weighted by Gasteiger charge is -2.32. The van der Waals surface area contributed by atoms with Gasteiger partial charge in [-0.2, -0.15) is 0 Å². The molecule has 0 radical (unpaired) electrons. The number of benzene rings is 4. The van der Waals surface area contributed by atoms with E-state index in [4.69, 9.17) is 18.6 Å². The Kier molecular flexibility index (Phi) is 9.82. The zero-order valence-electron chi connectivity index (χ0n) is 30.5. The molecule has 2 saturated heterocycles. The van der Waals surface area contributed by atoms with Gasteiger partial charge in [-0.05, 0) is 132 Å². The van der Waals surface area contributed by atoms with Gasteiger partial charge in [0.25, 0.3) is 0 Å². The van der Waals surface area contributed by atoms with Gasteiger partial charge in [-0.25, -0.2) is 9.59 Å². The molecule has 0 aliphatic carbocycles. The Labute approximate surface area is 301 Å². The Balaban J connectivity index is 0.973. The molecule has 4 aromatic rings. The van der Waals surface area contributed by atoms with Crippen LogP contribution in [0.15, 0.2) is 97.1 Å². The van der Waals surface area contributed by atoms with Crippen LogP contribution >= 0.6 is 0 Å². The molecular formula is C39H46B2N4O6. The molecule has 0 atom stereocenters. The Bertz CT molecular complexity index is 1730. The van der Waals surface area contributed by atoms with Crippen molar-refractivity contribution in [1.82, 2.24) is 0 Å². The molecule has 264 valence electrons. The van der Waals surface area contributed by atoms with E-state index in [0.717, 1.165) is 22.1 Å². The molecular weight excluding hydrogens is 642 g/mol. The predicted molar refractivity (Wildman–Crippen MR) is 205 cm³/mol. The van der Waals surface area contributed by atoms with E-state index in [0.29, 0.717) is 29.2 Å².